The second-order valence-corrected chi connectivity index (χ2v) is 4.82. The van der Waals surface area contributed by atoms with Crippen molar-refractivity contribution >= 4 is 17.5 Å². The van der Waals surface area contributed by atoms with Crippen molar-refractivity contribution in [2.75, 3.05) is 0 Å². The van der Waals surface area contributed by atoms with E-state index in [0.29, 0.717) is 24.8 Å². The molecule has 0 saturated heterocycles. The van der Waals surface area contributed by atoms with E-state index in [1.807, 2.05) is 0 Å². The molecule has 0 saturated carbocycles. The minimum absolute atomic E-state index is 0.146. The second-order valence-electron chi connectivity index (χ2n) is 4.82. The molecule has 0 aromatic carbocycles. The number of aromatic nitrogens is 1. The maximum Gasteiger partial charge on any atom is 0.224 e. The van der Waals surface area contributed by atoms with E-state index in [1.165, 1.54) is 0 Å². The Balaban J connectivity index is 2.18. The Bertz CT molecular complexity index is 659. The normalized spacial score (nSPS) is 18.7. The van der Waals surface area contributed by atoms with Gasteiger partial charge in [-0.15, -0.1) is 0 Å². The van der Waals surface area contributed by atoms with Crippen molar-refractivity contribution in [2.24, 2.45) is 0 Å². The van der Waals surface area contributed by atoms with Gasteiger partial charge in [-0.05, 0) is 31.4 Å². The summed E-state index contributed by atoms with van der Waals surface area (Å²) < 4.78 is 0. The number of fused-ring (bicyclic) bond motifs is 1. The molecule has 3 rings (SSSR count). The van der Waals surface area contributed by atoms with Crippen LogP contribution >= 0.6 is 0 Å². The molecule has 2 heterocycles. The van der Waals surface area contributed by atoms with Crippen LogP contribution in [0.15, 0.2) is 23.5 Å². The van der Waals surface area contributed by atoms with Crippen LogP contribution in [0.25, 0.3) is 0 Å². The number of hydrogen-bond donors (Lipinski definition) is 1. The predicted molar refractivity (Wildman–Crippen MR) is 66.7 cm³/mol. The molecule has 1 aliphatic heterocycles. The van der Waals surface area contributed by atoms with Crippen molar-refractivity contribution in [1.82, 2.24) is 10.3 Å². The van der Waals surface area contributed by atoms with Crippen LogP contribution in [0.3, 0.4) is 0 Å². The molecule has 1 amide bonds. The fraction of sp³-hybridized carbons (Fsp3) is 0.286. The average molecular weight is 256 g/mol. The molecule has 5 heteroatoms. The zero-order chi connectivity index (χ0) is 13.6. The summed E-state index contributed by atoms with van der Waals surface area (Å²) in [5.41, 5.74) is 1.83. The Labute approximate surface area is 109 Å². The van der Waals surface area contributed by atoms with Crippen LogP contribution in [-0.4, -0.2) is 22.5 Å². The number of carbonyl (C=O) groups excluding carboxylic acids is 3. The predicted octanol–water partition coefficient (Wildman–Crippen LogP) is 1.32. The van der Waals surface area contributed by atoms with Crippen molar-refractivity contribution in [3.05, 3.63) is 40.4 Å². The Hall–Kier alpha value is -2.30. The SMILES string of the molecule is Cc1cnc2c(c1)C(=O)C1=C(CCCC(=O)N1)C2=O. The van der Waals surface area contributed by atoms with Crippen LogP contribution in [-0.2, 0) is 4.79 Å². The highest BCUT2D eigenvalue weighted by atomic mass is 16.2. The molecule has 0 bridgehead atoms. The highest BCUT2D eigenvalue weighted by Gasteiger charge is 2.35. The molecular weight excluding hydrogens is 244 g/mol. The molecule has 0 radical (unpaired) electrons. The minimum atomic E-state index is -0.309. The smallest absolute Gasteiger partial charge is 0.224 e. The van der Waals surface area contributed by atoms with Gasteiger partial charge in [0, 0.05) is 18.2 Å². The highest BCUT2D eigenvalue weighted by molar-refractivity contribution is 6.26. The van der Waals surface area contributed by atoms with Crippen molar-refractivity contribution in [2.45, 2.75) is 26.2 Å². The zero-order valence-electron chi connectivity index (χ0n) is 10.4. The number of nitrogens with zero attached hydrogens (tertiary/aromatic N) is 1. The van der Waals surface area contributed by atoms with E-state index in [9.17, 15) is 14.4 Å². The van der Waals surface area contributed by atoms with E-state index in [1.54, 1.807) is 19.2 Å². The summed E-state index contributed by atoms with van der Waals surface area (Å²) in [6.45, 7) is 1.81. The second kappa shape index (κ2) is 4.12. The van der Waals surface area contributed by atoms with Gasteiger partial charge in [-0.1, -0.05) is 0 Å². The molecule has 0 atom stereocenters. The molecule has 1 N–H and O–H groups in total. The Morgan fingerprint density at radius 3 is 2.74 bits per heavy atom. The van der Waals surface area contributed by atoms with Gasteiger partial charge in [0.15, 0.2) is 0 Å². The quantitative estimate of drug-likeness (QED) is 0.759. The van der Waals surface area contributed by atoms with Gasteiger partial charge in [-0.3, -0.25) is 19.4 Å². The number of carbonyl (C=O) groups is 3. The molecule has 2 aliphatic rings. The van der Waals surface area contributed by atoms with E-state index in [-0.39, 0.29) is 34.4 Å². The molecule has 96 valence electrons. The summed E-state index contributed by atoms with van der Waals surface area (Å²) in [5, 5.41) is 2.56. The lowest BCUT2D eigenvalue weighted by atomic mass is 9.88. The number of nitrogens with one attached hydrogen (secondary N) is 1. The summed E-state index contributed by atoms with van der Waals surface area (Å²) in [7, 11) is 0. The van der Waals surface area contributed by atoms with E-state index >= 15 is 0 Å². The average Bonchev–Trinajstić information content (AvgIpc) is 2.58. The van der Waals surface area contributed by atoms with Gasteiger partial charge in [0.05, 0.1) is 11.3 Å². The van der Waals surface area contributed by atoms with Crippen molar-refractivity contribution in [3.8, 4) is 0 Å². The van der Waals surface area contributed by atoms with E-state index in [2.05, 4.69) is 10.3 Å². The first-order valence-corrected chi connectivity index (χ1v) is 6.17. The van der Waals surface area contributed by atoms with Crippen LogP contribution in [0.4, 0.5) is 0 Å². The Morgan fingerprint density at radius 1 is 1.16 bits per heavy atom. The van der Waals surface area contributed by atoms with E-state index in [0.717, 1.165) is 5.56 Å². The fourth-order valence-corrected chi connectivity index (χ4v) is 2.45. The number of pyridine rings is 1. The molecule has 0 fully saturated rings. The molecular formula is C14H12N2O3. The Morgan fingerprint density at radius 2 is 1.95 bits per heavy atom. The summed E-state index contributed by atoms with van der Waals surface area (Å²) >= 11 is 0. The summed E-state index contributed by atoms with van der Waals surface area (Å²) in [6, 6.07) is 1.64. The number of ketones is 2. The van der Waals surface area contributed by atoms with Gasteiger partial charge in [0.1, 0.15) is 5.69 Å². The molecule has 0 spiro atoms. The van der Waals surface area contributed by atoms with Gasteiger partial charge in [0.25, 0.3) is 0 Å². The van der Waals surface area contributed by atoms with Gasteiger partial charge >= 0.3 is 0 Å². The van der Waals surface area contributed by atoms with Crippen LogP contribution < -0.4 is 5.32 Å². The first-order valence-electron chi connectivity index (χ1n) is 6.17. The third kappa shape index (κ3) is 1.78. The number of allylic oxidation sites excluding steroid dienone is 2. The van der Waals surface area contributed by atoms with E-state index in [4.69, 9.17) is 0 Å². The van der Waals surface area contributed by atoms with Crippen LogP contribution in [0.1, 0.15) is 45.7 Å². The summed E-state index contributed by atoms with van der Waals surface area (Å²) in [6.07, 6.45) is 2.92. The Kier molecular flexibility index (Phi) is 2.55. The largest absolute Gasteiger partial charge is 0.322 e. The number of Topliss-reactive ketones (excluding diaryl/α,β-unsaturated/α-hetero) is 2. The number of aryl methyl sites for hydroxylation is 1. The summed E-state index contributed by atoms with van der Waals surface area (Å²) in [5.74, 6) is -0.766. The maximum atomic E-state index is 12.4. The third-order valence-corrected chi connectivity index (χ3v) is 3.38. The zero-order valence-corrected chi connectivity index (χ0v) is 10.4. The third-order valence-electron chi connectivity index (χ3n) is 3.38. The molecule has 1 aromatic rings. The summed E-state index contributed by atoms with van der Waals surface area (Å²) in [4.78, 5) is 40.3. The van der Waals surface area contributed by atoms with Crippen LogP contribution in [0.5, 0.6) is 0 Å². The molecule has 1 aliphatic carbocycles. The number of hydrogen-bond acceptors (Lipinski definition) is 4. The monoisotopic (exact) mass is 256 g/mol. The van der Waals surface area contributed by atoms with Gasteiger partial charge < -0.3 is 5.32 Å². The standard InChI is InChI=1S/C14H12N2O3/c1-7-5-9-11(15-6-7)13(18)8-3-2-4-10(17)16-12(8)14(9)19/h5-6H,2-4H2,1H3,(H,16,17). The minimum Gasteiger partial charge on any atom is -0.322 e. The molecule has 1 aromatic heterocycles. The molecule has 0 unspecified atom stereocenters. The van der Waals surface area contributed by atoms with Gasteiger partial charge in [-0.2, -0.15) is 0 Å². The van der Waals surface area contributed by atoms with E-state index < -0.39 is 0 Å². The maximum absolute atomic E-state index is 12.4. The van der Waals surface area contributed by atoms with Gasteiger partial charge in [-0.25, -0.2) is 0 Å². The first-order chi connectivity index (χ1) is 9.08. The topological polar surface area (TPSA) is 76.1 Å². The molecule has 19 heavy (non-hydrogen) atoms. The van der Waals surface area contributed by atoms with Gasteiger partial charge in [0.2, 0.25) is 17.5 Å². The first kappa shape index (κ1) is 11.8. The lowest BCUT2D eigenvalue weighted by Crippen LogP contribution is -2.32. The lowest BCUT2D eigenvalue weighted by Gasteiger charge is -2.18. The van der Waals surface area contributed by atoms with Crippen molar-refractivity contribution in [1.29, 1.82) is 0 Å². The lowest BCUT2D eigenvalue weighted by molar-refractivity contribution is -0.120. The number of rotatable bonds is 0. The van der Waals surface area contributed by atoms with Crippen molar-refractivity contribution < 1.29 is 14.4 Å². The fourth-order valence-electron chi connectivity index (χ4n) is 2.45. The highest BCUT2D eigenvalue weighted by Crippen LogP contribution is 2.28. The van der Waals surface area contributed by atoms with Crippen molar-refractivity contribution in [3.63, 3.8) is 0 Å². The number of amides is 1. The van der Waals surface area contributed by atoms with Crippen LogP contribution in [0, 0.1) is 6.92 Å². The molecule has 5 nitrogen and oxygen atoms in total. The van der Waals surface area contributed by atoms with Crippen LogP contribution in [0.2, 0.25) is 0 Å².